The molecule has 0 fully saturated rings. The van der Waals surface area contributed by atoms with E-state index in [1.165, 1.54) is 31.4 Å². The number of rotatable bonds is 4. The smallest absolute Gasteiger partial charge is 0.257 e. The standard InChI is InChI=1S/C13H13N3O3S/c1-7(17)10-6-20-13(15-10)16-12(18)8-3-4-11(19-2)9(14)5-8/h3-6H,14H2,1-2H3,(H,15,16,18). The number of hydrogen-bond donors (Lipinski definition) is 2. The zero-order valence-corrected chi connectivity index (χ0v) is 11.8. The van der Waals surface area contributed by atoms with E-state index < -0.39 is 0 Å². The first-order valence-electron chi connectivity index (χ1n) is 5.72. The minimum Gasteiger partial charge on any atom is -0.495 e. The zero-order valence-electron chi connectivity index (χ0n) is 11.0. The number of hydrogen-bond acceptors (Lipinski definition) is 6. The van der Waals surface area contributed by atoms with Crippen molar-refractivity contribution in [2.24, 2.45) is 0 Å². The first-order chi connectivity index (χ1) is 9.51. The van der Waals surface area contributed by atoms with E-state index in [1.54, 1.807) is 17.5 Å². The summed E-state index contributed by atoms with van der Waals surface area (Å²) in [4.78, 5) is 27.2. The van der Waals surface area contributed by atoms with Crippen molar-refractivity contribution in [1.82, 2.24) is 4.98 Å². The highest BCUT2D eigenvalue weighted by molar-refractivity contribution is 7.14. The number of thiazole rings is 1. The van der Waals surface area contributed by atoms with Crippen molar-refractivity contribution in [2.75, 3.05) is 18.2 Å². The van der Waals surface area contributed by atoms with Crippen molar-refractivity contribution in [2.45, 2.75) is 6.92 Å². The van der Waals surface area contributed by atoms with Crippen LogP contribution in [0.3, 0.4) is 0 Å². The summed E-state index contributed by atoms with van der Waals surface area (Å²) in [6.07, 6.45) is 0. The summed E-state index contributed by atoms with van der Waals surface area (Å²) in [7, 11) is 1.50. The molecule has 0 radical (unpaired) electrons. The Balaban J connectivity index is 2.15. The normalized spacial score (nSPS) is 10.1. The second kappa shape index (κ2) is 5.70. The predicted octanol–water partition coefficient (Wildman–Crippen LogP) is 2.19. The molecule has 0 aliphatic rings. The van der Waals surface area contributed by atoms with Gasteiger partial charge in [0.1, 0.15) is 11.4 Å². The van der Waals surface area contributed by atoms with Gasteiger partial charge in [-0.2, -0.15) is 0 Å². The number of nitrogens with two attached hydrogens (primary N) is 1. The number of methoxy groups -OCH3 is 1. The Labute approximate surface area is 119 Å². The quantitative estimate of drug-likeness (QED) is 0.665. The fraction of sp³-hybridized carbons (Fsp3) is 0.154. The van der Waals surface area contributed by atoms with E-state index >= 15 is 0 Å². The molecule has 20 heavy (non-hydrogen) atoms. The van der Waals surface area contributed by atoms with Crippen molar-refractivity contribution in [3.05, 3.63) is 34.8 Å². The number of anilines is 2. The van der Waals surface area contributed by atoms with Crippen LogP contribution >= 0.6 is 11.3 Å². The monoisotopic (exact) mass is 291 g/mol. The van der Waals surface area contributed by atoms with Crippen LogP contribution in [0, 0.1) is 0 Å². The molecule has 1 amide bonds. The molecular formula is C13H13N3O3S. The minimum atomic E-state index is -0.344. The van der Waals surface area contributed by atoms with E-state index in [2.05, 4.69) is 10.3 Å². The SMILES string of the molecule is COc1ccc(C(=O)Nc2nc(C(C)=O)cs2)cc1N. The molecule has 0 aliphatic heterocycles. The maximum Gasteiger partial charge on any atom is 0.257 e. The number of nitrogens with zero attached hydrogens (tertiary/aromatic N) is 1. The summed E-state index contributed by atoms with van der Waals surface area (Å²) in [5.41, 5.74) is 6.85. The van der Waals surface area contributed by atoms with E-state index in [0.717, 1.165) is 0 Å². The van der Waals surface area contributed by atoms with Crippen LogP contribution in [0.2, 0.25) is 0 Å². The van der Waals surface area contributed by atoms with Gasteiger partial charge in [-0.3, -0.25) is 14.9 Å². The fourth-order valence-corrected chi connectivity index (χ4v) is 2.28. The van der Waals surface area contributed by atoms with E-state index in [4.69, 9.17) is 10.5 Å². The lowest BCUT2D eigenvalue weighted by Crippen LogP contribution is -2.12. The van der Waals surface area contributed by atoms with Gasteiger partial charge in [-0.1, -0.05) is 0 Å². The number of nitrogen functional groups attached to an aromatic ring is 1. The molecule has 0 bridgehead atoms. The predicted molar refractivity (Wildman–Crippen MR) is 77.5 cm³/mol. The highest BCUT2D eigenvalue weighted by Crippen LogP contribution is 2.23. The van der Waals surface area contributed by atoms with Gasteiger partial charge in [-0.05, 0) is 18.2 Å². The molecular weight excluding hydrogens is 278 g/mol. The van der Waals surface area contributed by atoms with Crippen LogP contribution in [0.15, 0.2) is 23.6 Å². The van der Waals surface area contributed by atoms with Crippen molar-refractivity contribution in [1.29, 1.82) is 0 Å². The van der Waals surface area contributed by atoms with Crippen molar-refractivity contribution in [3.8, 4) is 5.75 Å². The third kappa shape index (κ3) is 2.94. The largest absolute Gasteiger partial charge is 0.495 e. The molecule has 1 heterocycles. The van der Waals surface area contributed by atoms with E-state index in [9.17, 15) is 9.59 Å². The van der Waals surface area contributed by atoms with Gasteiger partial charge in [0.25, 0.3) is 5.91 Å². The molecule has 0 saturated heterocycles. The number of amides is 1. The number of carbonyl (C=O) groups excluding carboxylic acids is 2. The summed E-state index contributed by atoms with van der Waals surface area (Å²) in [5.74, 6) is 0.0221. The number of aromatic nitrogens is 1. The molecule has 1 aromatic carbocycles. The first kappa shape index (κ1) is 14.0. The number of nitrogens with one attached hydrogen (secondary N) is 1. The maximum absolute atomic E-state index is 12.0. The van der Waals surface area contributed by atoms with E-state index in [0.29, 0.717) is 27.8 Å². The number of carbonyl (C=O) groups is 2. The molecule has 0 unspecified atom stereocenters. The third-order valence-electron chi connectivity index (χ3n) is 2.58. The van der Waals surface area contributed by atoms with Gasteiger partial charge in [0.15, 0.2) is 10.9 Å². The Bertz CT molecular complexity index is 667. The fourth-order valence-electron chi connectivity index (χ4n) is 1.54. The Morgan fingerprint density at radius 2 is 2.15 bits per heavy atom. The molecule has 2 aromatic rings. The first-order valence-corrected chi connectivity index (χ1v) is 6.60. The lowest BCUT2D eigenvalue weighted by atomic mass is 10.2. The van der Waals surface area contributed by atoms with Gasteiger partial charge in [0.2, 0.25) is 0 Å². The van der Waals surface area contributed by atoms with Gasteiger partial charge < -0.3 is 10.5 Å². The second-order valence-electron chi connectivity index (χ2n) is 4.00. The highest BCUT2D eigenvalue weighted by Gasteiger charge is 2.12. The van der Waals surface area contributed by atoms with Gasteiger partial charge in [0, 0.05) is 17.9 Å². The summed E-state index contributed by atoms with van der Waals surface area (Å²) in [6, 6.07) is 4.74. The van der Waals surface area contributed by atoms with Crippen LogP contribution in [-0.4, -0.2) is 23.8 Å². The number of Topliss-reactive ketones (excluding diaryl/α,β-unsaturated/α-hetero) is 1. The Morgan fingerprint density at radius 3 is 2.70 bits per heavy atom. The van der Waals surface area contributed by atoms with Crippen LogP contribution in [-0.2, 0) is 0 Å². The van der Waals surface area contributed by atoms with Crippen molar-refractivity contribution in [3.63, 3.8) is 0 Å². The lowest BCUT2D eigenvalue weighted by molar-refractivity contribution is 0.100. The Hall–Kier alpha value is -2.41. The molecule has 104 valence electrons. The van der Waals surface area contributed by atoms with Crippen LogP contribution in [0.1, 0.15) is 27.8 Å². The van der Waals surface area contributed by atoms with Gasteiger partial charge in [0.05, 0.1) is 12.8 Å². The maximum atomic E-state index is 12.0. The van der Waals surface area contributed by atoms with E-state index in [-0.39, 0.29) is 11.7 Å². The topological polar surface area (TPSA) is 94.3 Å². The Kier molecular flexibility index (Phi) is 3.99. The van der Waals surface area contributed by atoms with Gasteiger partial charge in [-0.15, -0.1) is 11.3 Å². The second-order valence-corrected chi connectivity index (χ2v) is 4.86. The summed E-state index contributed by atoms with van der Waals surface area (Å²) in [5, 5.41) is 4.59. The van der Waals surface area contributed by atoms with Crippen LogP contribution in [0.25, 0.3) is 0 Å². The molecule has 0 aliphatic carbocycles. The van der Waals surface area contributed by atoms with Gasteiger partial charge in [-0.25, -0.2) is 4.98 Å². The van der Waals surface area contributed by atoms with Crippen LogP contribution in [0.4, 0.5) is 10.8 Å². The number of ketones is 1. The molecule has 0 spiro atoms. The molecule has 1 aromatic heterocycles. The Morgan fingerprint density at radius 1 is 1.40 bits per heavy atom. The molecule has 2 rings (SSSR count). The average molecular weight is 291 g/mol. The average Bonchev–Trinajstić information content (AvgIpc) is 2.87. The molecule has 3 N–H and O–H groups in total. The lowest BCUT2D eigenvalue weighted by Gasteiger charge is -2.06. The molecule has 0 atom stereocenters. The van der Waals surface area contributed by atoms with Gasteiger partial charge >= 0.3 is 0 Å². The molecule has 0 saturated carbocycles. The summed E-state index contributed by atoms with van der Waals surface area (Å²) < 4.78 is 5.02. The van der Waals surface area contributed by atoms with Crippen LogP contribution < -0.4 is 15.8 Å². The minimum absolute atomic E-state index is 0.143. The summed E-state index contributed by atoms with van der Waals surface area (Å²) in [6.45, 7) is 1.42. The van der Waals surface area contributed by atoms with Crippen molar-refractivity contribution >= 4 is 33.8 Å². The van der Waals surface area contributed by atoms with Crippen molar-refractivity contribution < 1.29 is 14.3 Å². The highest BCUT2D eigenvalue weighted by atomic mass is 32.1. The third-order valence-corrected chi connectivity index (χ3v) is 3.33. The molecule has 6 nitrogen and oxygen atoms in total. The van der Waals surface area contributed by atoms with Crippen LogP contribution in [0.5, 0.6) is 5.75 Å². The zero-order chi connectivity index (χ0) is 14.7. The molecule has 7 heteroatoms. The van der Waals surface area contributed by atoms with E-state index in [1.807, 2.05) is 0 Å². The number of benzene rings is 1. The summed E-state index contributed by atoms with van der Waals surface area (Å²) >= 11 is 1.19. The number of ether oxygens (including phenoxy) is 1.